The van der Waals surface area contributed by atoms with E-state index in [1.165, 1.54) is 0 Å². The number of benzene rings is 1. The molecule has 0 radical (unpaired) electrons. The monoisotopic (exact) mass is 278 g/mol. The molecule has 0 aliphatic carbocycles. The summed E-state index contributed by atoms with van der Waals surface area (Å²) < 4.78 is 5.24. The van der Waals surface area contributed by atoms with Crippen LogP contribution in [0.15, 0.2) is 17.7 Å². The summed E-state index contributed by atoms with van der Waals surface area (Å²) in [5, 5.41) is 19.0. The second kappa shape index (κ2) is 5.99. The minimum atomic E-state index is -1.03. The fraction of sp³-hybridized carbons (Fsp3) is 0.438. The Balaban J connectivity index is 3.34. The third-order valence-electron chi connectivity index (χ3n) is 2.73. The first-order chi connectivity index (χ1) is 9.11. The first-order valence-corrected chi connectivity index (χ1v) is 6.48. The second-order valence-electron chi connectivity index (χ2n) is 6.06. The molecular formula is C16H22O4. The first-order valence-electron chi connectivity index (χ1n) is 6.48. The number of carboxylic acids is 1. The van der Waals surface area contributed by atoms with E-state index in [0.29, 0.717) is 11.3 Å². The molecule has 110 valence electrons. The highest BCUT2D eigenvalue weighted by atomic mass is 16.5. The number of phenols is 1. The van der Waals surface area contributed by atoms with Crippen LogP contribution in [0.3, 0.4) is 0 Å². The predicted octanol–water partition coefficient (Wildman–Crippen LogP) is 3.58. The van der Waals surface area contributed by atoms with Crippen LogP contribution in [0.5, 0.6) is 11.5 Å². The lowest BCUT2D eigenvalue weighted by molar-refractivity contribution is -0.139. The predicted molar refractivity (Wildman–Crippen MR) is 79.3 cm³/mol. The molecule has 2 N–H and O–H groups in total. The van der Waals surface area contributed by atoms with Gasteiger partial charge in [-0.15, -0.1) is 0 Å². The zero-order valence-electron chi connectivity index (χ0n) is 12.7. The maximum atomic E-state index is 10.6. The van der Waals surface area contributed by atoms with Crippen LogP contribution in [0.4, 0.5) is 0 Å². The van der Waals surface area contributed by atoms with Crippen LogP contribution >= 0.6 is 0 Å². The molecule has 0 amide bonds. The fourth-order valence-corrected chi connectivity index (χ4v) is 1.85. The minimum absolute atomic E-state index is 0.210. The zero-order chi connectivity index (χ0) is 15.5. The molecule has 0 saturated heterocycles. The third kappa shape index (κ3) is 4.30. The van der Waals surface area contributed by atoms with E-state index in [1.54, 1.807) is 12.1 Å². The lowest BCUT2D eigenvalue weighted by Crippen LogP contribution is -2.14. The van der Waals surface area contributed by atoms with Crippen molar-refractivity contribution in [2.45, 2.75) is 40.0 Å². The van der Waals surface area contributed by atoms with Crippen molar-refractivity contribution in [2.24, 2.45) is 0 Å². The highest BCUT2D eigenvalue weighted by Crippen LogP contribution is 2.37. The van der Waals surface area contributed by atoms with Crippen molar-refractivity contribution < 1.29 is 19.7 Å². The summed E-state index contributed by atoms with van der Waals surface area (Å²) in [4.78, 5) is 10.6. The lowest BCUT2D eigenvalue weighted by atomic mass is 9.85. The Kier molecular flexibility index (Phi) is 4.82. The van der Waals surface area contributed by atoms with Gasteiger partial charge in [0.05, 0.1) is 0 Å². The van der Waals surface area contributed by atoms with E-state index >= 15 is 0 Å². The molecule has 4 heteroatoms. The maximum absolute atomic E-state index is 10.6. The molecule has 4 nitrogen and oxygen atoms in total. The molecule has 0 aromatic heterocycles. The van der Waals surface area contributed by atoms with Crippen molar-refractivity contribution in [2.75, 3.05) is 6.61 Å². The van der Waals surface area contributed by atoms with Crippen LogP contribution in [0.25, 0.3) is 6.08 Å². The number of phenolic OH excluding ortho intramolecular Hbond substituents is 1. The van der Waals surface area contributed by atoms with Gasteiger partial charge < -0.3 is 14.9 Å². The lowest BCUT2D eigenvalue weighted by Gasteiger charge is -2.22. The van der Waals surface area contributed by atoms with Gasteiger partial charge in [0, 0.05) is 11.1 Å². The number of rotatable bonds is 4. The average Bonchev–Trinajstić information content (AvgIpc) is 2.27. The largest absolute Gasteiger partial charge is 0.507 e. The van der Waals surface area contributed by atoms with Gasteiger partial charge in [0.15, 0.2) is 6.61 Å². The molecule has 0 bridgehead atoms. The van der Waals surface area contributed by atoms with Gasteiger partial charge in [-0.2, -0.15) is 0 Å². The summed E-state index contributed by atoms with van der Waals surface area (Å²) in [6, 6.07) is 3.35. The van der Waals surface area contributed by atoms with Crippen LogP contribution < -0.4 is 4.74 Å². The maximum Gasteiger partial charge on any atom is 0.341 e. The molecule has 0 unspecified atom stereocenters. The highest BCUT2D eigenvalue weighted by Gasteiger charge is 2.21. The van der Waals surface area contributed by atoms with E-state index in [-0.39, 0.29) is 11.2 Å². The summed E-state index contributed by atoms with van der Waals surface area (Å²) in [7, 11) is 0. The summed E-state index contributed by atoms with van der Waals surface area (Å²) in [6.07, 6.45) is 1.85. The van der Waals surface area contributed by atoms with Crippen molar-refractivity contribution >= 4 is 12.0 Å². The van der Waals surface area contributed by atoms with Gasteiger partial charge in [0.25, 0.3) is 0 Å². The van der Waals surface area contributed by atoms with Gasteiger partial charge in [-0.3, -0.25) is 0 Å². The molecule has 0 fully saturated rings. The van der Waals surface area contributed by atoms with Crippen molar-refractivity contribution in [3.63, 3.8) is 0 Å². The van der Waals surface area contributed by atoms with E-state index in [1.807, 2.05) is 40.7 Å². The number of hydrogen-bond acceptors (Lipinski definition) is 3. The molecule has 0 saturated carbocycles. The van der Waals surface area contributed by atoms with E-state index in [9.17, 15) is 9.90 Å². The Labute approximate surface area is 119 Å². The molecule has 20 heavy (non-hydrogen) atoms. The van der Waals surface area contributed by atoms with Crippen molar-refractivity contribution in [1.29, 1.82) is 0 Å². The Bertz CT molecular complexity index is 532. The molecule has 1 rings (SSSR count). The van der Waals surface area contributed by atoms with Gasteiger partial charge in [0.2, 0.25) is 0 Å². The SMILES string of the molecule is CC(C)=Cc1cc(OCC(=O)O)cc(C(C)(C)C)c1O. The summed E-state index contributed by atoms with van der Waals surface area (Å²) in [5.41, 5.74) is 2.14. The molecule has 1 aromatic carbocycles. The van der Waals surface area contributed by atoms with E-state index in [2.05, 4.69) is 0 Å². The number of carbonyl (C=O) groups is 1. The number of aliphatic carboxylic acids is 1. The van der Waals surface area contributed by atoms with Gasteiger partial charge in [-0.1, -0.05) is 32.4 Å². The quantitative estimate of drug-likeness (QED) is 0.883. The molecular weight excluding hydrogens is 256 g/mol. The number of ether oxygens (including phenoxy) is 1. The van der Waals surface area contributed by atoms with Gasteiger partial charge >= 0.3 is 5.97 Å². The van der Waals surface area contributed by atoms with Gasteiger partial charge in [0.1, 0.15) is 11.5 Å². The number of hydrogen-bond donors (Lipinski definition) is 2. The van der Waals surface area contributed by atoms with Crippen molar-refractivity contribution in [1.82, 2.24) is 0 Å². The van der Waals surface area contributed by atoms with E-state index < -0.39 is 12.6 Å². The first kappa shape index (κ1) is 16.1. The van der Waals surface area contributed by atoms with Gasteiger partial charge in [-0.25, -0.2) is 4.79 Å². The Morgan fingerprint density at radius 2 is 1.90 bits per heavy atom. The van der Waals surface area contributed by atoms with Crippen LogP contribution in [-0.4, -0.2) is 22.8 Å². The third-order valence-corrected chi connectivity index (χ3v) is 2.73. The second-order valence-corrected chi connectivity index (χ2v) is 6.06. The molecule has 0 heterocycles. The Morgan fingerprint density at radius 3 is 2.35 bits per heavy atom. The topological polar surface area (TPSA) is 66.8 Å². The number of carboxylic acid groups (broad SMARTS) is 1. The van der Waals surface area contributed by atoms with E-state index in [4.69, 9.17) is 9.84 Å². The van der Waals surface area contributed by atoms with Gasteiger partial charge in [-0.05, 0) is 31.4 Å². The van der Waals surface area contributed by atoms with Crippen molar-refractivity contribution in [3.8, 4) is 11.5 Å². The molecule has 0 aliphatic heterocycles. The summed E-state index contributed by atoms with van der Waals surface area (Å²) in [6.45, 7) is 9.41. The molecule has 1 aromatic rings. The molecule has 0 spiro atoms. The Morgan fingerprint density at radius 1 is 1.30 bits per heavy atom. The average molecular weight is 278 g/mol. The number of aromatic hydroxyl groups is 1. The summed E-state index contributed by atoms with van der Waals surface area (Å²) in [5.74, 6) is -0.372. The van der Waals surface area contributed by atoms with Crippen LogP contribution in [-0.2, 0) is 10.2 Å². The van der Waals surface area contributed by atoms with Crippen LogP contribution in [0.2, 0.25) is 0 Å². The smallest absolute Gasteiger partial charge is 0.341 e. The van der Waals surface area contributed by atoms with Crippen LogP contribution in [0, 0.1) is 0 Å². The standard InChI is InChI=1S/C16H22O4/c1-10(2)6-11-7-12(20-9-14(17)18)8-13(15(11)19)16(3,4)5/h6-8,19H,9H2,1-5H3,(H,17,18). The number of allylic oxidation sites excluding steroid dienone is 1. The molecule has 0 aliphatic rings. The summed E-state index contributed by atoms with van der Waals surface area (Å²) >= 11 is 0. The normalized spacial score (nSPS) is 11.1. The highest BCUT2D eigenvalue weighted by molar-refractivity contribution is 5.69. The van der Waals surface area contributed by atoms with Crippen LogP contribution in [0.1, 0.15) is 45.7 Å². The molecule has 0 atom stereocenters. The fourth-order valence-electron chi connectivity index (χ4n) is 1.85. The Hall–Kier alpha value is -1.97. The van der Waals surface area contributed by atoms with Crippen molar-refractivity contribution in [3.05, 3.63) is 28.8 Å². The minimum Gasteiger partial charge on any atom is -0.507 e. The van der Waals surface area contributed by atoms with E-state index in [0.717, 1.165) is 11.1 Å². The zero-order valence-corrected chi connectivity index (χ0v) is 12.7.